The highest BCUT2D eigenvalue weighted by Crippen LogP contribution is 2.56. The number of fused-ring (bicyclic) bond motifs is 2. The average Bonchev–Trinajstić information content (AvgIpc) is 3.98. The van der Waals surface area contributed by atoms with Crippen LogP contribution < -0.4 is 19.9 Å². The van der Waals surface area contributed by atoms with E-state index in [1.807, 2.05) is 11.0 Å². The topological polar surface area (TPSA) is 154 Å². The minimum Gasteiger partial charge on any atom is -0.489 e. The van der Waals surface area contributed by atoms with Crippen molar-refractivity contribution >= 4 is 40.9 Å². The van der Waals surface area contributed by atoms with Gasteiger partial charge in [-0.15, -0.1) is 0 Å². The number of halogens is 3. The second-order valence-corrected chi connectivity index (χ2v) is 22.4. The van der Waals surface area contributed by atoms with Crippen molar-refractivity contribution in [3.8, 4) is 22.9 Å². The van der Waals surface area contributed by atoms with Gasteiger partial charge in [0.15, 0.2) is 5.82 Å². The van der Waals surface area contributed by atoms with Gasteiger partial charge in [0.05, 0.1) is 34.9 Å². The van der Waals surface area contributed by atoms with Crippen molar-refractivity contribution in [2.75, 3.05) is 55.6 Å². The number of likely N-dealkylation sites (tertiary alicyclic amines) is 1. The Morgan fingerprint density at radius 3 is 2.39 bits per heavy atom. The molecule has 0 unspecified atom stereocenters. The summed E-state index contributed by atoms with van der Waals surface area (Å²) in [4.78, 5) is 44.6. The number of aryl methyl sites for hydroxylation is 2. The summed E-state index contributed by atoms with van der Waals surface area (Å²) in [5.41, 5.74) is 5.13. The molecule has 3 aromatic heterocycles. The maximum absolute atomic E-state index is 14.8. The van der Waals surface area contributed by atoms with Crippen LogP contribution >= 0.6 is 11.6 Å². The second kappa shape index (κ2) is 19.4. The third-order valence-electron chi connectivity index (χ3n) is 16.5. The minimum atomic E-state index is -2.66. The number of ether oxygens (including phenoxy) is 1. The third kappa shape index (κ3) is 9.18. The maximum atomic E-state index is 14.8. The fraction of sp³-hybridized carbons (Fsp3) is 0.537. The van der Waals surface area contributed by atoms with Gasteiger partial charge in [0.25, 0.3) is 12.3 Å². The Balaban J connectivity index is 0.757. The van der Waals surface area contributed by atoms with Gasteiger partial charge in [-0.25, -0.2) is 18.7 Å². The first kappa shape index (κ1) is 49.5. The molecule has 2 atom stereocenters. The molecule has 1 saturated carbocycles. The number of hydrogen-bond acceptors (Lipinski definition) is 11. The number of carbonyl (C=O) groups excluding carboxylic acids is 2. The van der Waals surface area contributed by atoms with Crippen LogP contribution in [0.3, 0.4) is 0 Å². The zero-order valence-electron chi connectivity index (χ0n) is 42.3. The molecule has 2 amide bonds. The predicted molar refractivity (Wildman–Crippen MR) is 272 cm³/mol. The van der Waals surface area contributed by atoms with E-state index in [2.05, 4.69) is 80.5 Å². The monoisotopic (exact) mass is 1000 g/mol. The largest absolute Gasteiger partial charge is 0.489 e. The third-order valence-corrected chi connectivity index (χ3v) is 16.8. The summed E-state index contributed by atoms with van der Waals surface area (Å²) in [5.74, 6) is 2.70. The molecule has 5 aliphatic rings. The van der Waals surface area contributed by atoms with Crippen LogP contribution in [0.5, 0.6) is 5.75 Å². The molecule has 72 heavy (non-hydrogen) atoms. The summed E-state index contributed by atoms with van der Waals surface area (Å²) in [5, 5.41) is 22.5. The number of nitrogens with zero attached hydrogens (tertiary/aromatic N) is 11. The smallest absolute Gasteiger partial charge is 0.264 e. The normalized spacial score (nSPS) is 23.0. The molecule has 0 spiro atoms. The van der Waals surface area contributed by atoms with Crippen LogP contribution in [-0.4, -0.2) is 109 Å². The number of nitriles is 1. The number of alkyl halides is 2. The lowest BCUT2D eigenvalue weighted by Gasteiger charge is -2.63. The summed E-state index contributed by atoms with van der Waals surface area (Å²) >= 11 is 6.28. The van der Waals surface area contributed by atoms with Gasteiger partial charge in [0, 0.05) is 136 Å². The highest BCUT2D eigenvalue weighted by molar-refractivity contribution is 6.31. The van der Waals surface area contributed by atoms with Gasteiger partial charge in [-0.3, -0.25) is 19.0 Å². The maximum Gasteiger partial charge on any atom is 0.264 e. The van der Waals surface area contributed by atoms with Gasteiger partial charge in [0.1, 0.15) is 17.9 Å². The number of piperidine rings is 2. The summed E-state index contributed by atoms with van der Waals surface area (Å²) < 4.78 is 39.9. The number of rotatable bonds is 11. The number of carbonyl (C=O) groups is 2. The molecular formula is C54H65ClF2N12O3. The fourth-order valence-electron chi connectivity index (χ4n) is 12.8. The Morgan fingerprint density at radius 2 is 1.74 bits per heavy atom. The highest BCUT2D eigenvalue weighted by Gasteiger charge is 2.64. The molecular weight excluding hydrogens is 938 g/mol. The fourth-order valence-corrected chi connectivity index (χ4v) is 13.0. The van der Waals surface area contributed by atoms with Crippen LogP contribution in [0.25, 0.3) is 11.1 Å². The lowest BCUT2D eigenvalue weighted by atomic mass is 9.49. The van der Waals surface area contributed by atoms with Crippen molar-refractivity contribution < 1.29 is 23.1 Å². The van der Waals surface area contributed by atoms with Gasteiger partial charge in [0.2, 0.25) is 11.9 Å². The van der Waals surface area contributed by atoms with Crippen molar-refractivity contribution in [2.24, 2.45) is 29.7 Å². The summed E-state index contributed by atoms with van der Waals surface area (Å²) in [6, 6.07) is 10.7. The highest BCUT2D eigenvalue weighted by atomic mass is 35.5. The molecule has 0 bridgehead atoms. The lowest BCUT2D eigenvalue weighted by Crippen LogP contribution is -2.74. The Labute approximate surface area is 425 Å². The molecule has 7 heterocycles. The van der Waals surface area contributed by atoms with Crippen LogP contribution in [0.4, 0.5) is 26.2 Å². The van der Waals surface area contributed by atoms with E-state index in [-0.39, 0.29) is 35.6 Å². The minimum absolute atomic E-state index is 0.0157. The number of benzene rings is 2. The van der Waals surface area contributed by atoms with Crippen LogP contribution in [0.15, 0.2) is 55.1 Å². The zero-order valence-corrected chi connectivity index (χ0v) is 43.1. The average molecular weight is 1000 g/mol. The van der Waals surface area contributed by atoms with Crippen LogP contribution in [-0.2, 0) is 31.2 Å². The summed E-state index contributed by atoms with van der Waals surface area (Å²) in [7, 11) is 1.79. The molecule has 3 fully saturated rings. The van der Waals surface area contributed by atoms with Crippen molar-refractivity contribution in [2.45, 2.75) is 111 Å². The van der Waals surface area contributed by atoms with Crippen molar-refractivity contribution in [3.63, 3.8) is 0 Å². The van der Waals surface area contributed by atoms with E-state index in [1.165, 1.54) is 0 Å². The van der Waals surface area contributed by atoms with E-state index in [0.717, 1.165) is 93.2 Å². The Bertz CT molecular complexity index is 2890. The van der Waals surface area contributed by atoms with E-state index < -0.39 is 17.3 Å². The molecule has 5 aromatic rings. The van der Waals surface area contributed by atoms with Crippen LogP contribution in [0, 0.1) is 34.0 Å². The molecule has 1 N–H and O–H groups in total. The quantitative estimate of drug-likeness (QED) is 0.135. The van der Waals surface area contributed by atoms with Gasteiger partial charge < -0.3 is 29.7 Å². The second-order valence-electron chi connectivity index (χ2n) is 22.0. The Kier molecular flexibility index (Phi) is 13.3. The number of hydrogen-bond donors (Lipinski definition) is 1. The SMILES string of the molecule is CC(=O)N1CCc2c(c(N3CCCc4cc(-c5cnn(C)c5)c(C(F)F)cc43)nn2C2CCN(C[C@H]3CCN(c4ncc(C(=O)NC5C(C)(C)C(Oc6ccc(C#N)c(Cl)c6)C5(C)C)cn4)C[C@H]3C)CC2)C1. The molecule has 0 radical (unpaired) electrons. The summed E-state index contributed by atoms with van der Waals surface area (Å²) in [6.45, 7) is 18.5. The van der Waals surface area contributed by atoms with E-state index in [0.29, 0.717) is 76.9 Å². The van der Waals surface area contributed by atoms with Gasteiger partial charge in [-0.2, -0.15) is 15.5 Å². The van der Waals surface area contributed by atoms with Crippen LogP contribution in [0.1, 0.15) is 118 Å². The number of aromatic nitrogens is 6. The molecule has 18 heteroatoms. The van der Waals surface area contributed by atoms with Crippen LogP contribution in [0.2, 0.25) is 5.02 Å². The van der Waals surface area contributed by atoms with Crippen molar-refractivity contribution in [1.29, 1.82) is 5.26 Å². The first-order valence-corrected chi connectivity index (χ1v) is 25.8. The first-order chi connectivity index (χ1) is 34.4. The molecule has 2 saturated heterocycles. The molecule has 4 aliphatic heterocycles. The Hall–Kier alpha value is -6.12. The number of anilines is 3. The standard InChI is InChI=1S/C54H65ClF2N12O3/c1-32-28-67(52-59-25-37(26-60-52)49(71)62-50-53(3,4)51(54(50,5)6)72-40-11-10-35(24-58)44(55)22-40)19-12-36(32)30-65-17-13-39(14-18-65)69-45-15-20-66(33(2)70)31-43(45)48(63-69)68-16-8-9-34-21-41(38-27-61-64(7)29-38)42(47(56)57)23-46(34)68/h10-11,21-23,25-27,29,32,36,39,47,50-51H,8-9,12-20,28,30-31H2,1-7H3,(H,62,71)/t32-,36-,50?,51?/m1/s1. The lowest BCUT2D eigenvalue weighted by molar-refractivity contribution is -0.164. The number of nitrogens with one attached hydrogen (secondary N) is 1. The zero-order chi connectivity index (χ0) is 50.8. The van der Waals surface area contributed by atoms with E-state index >= 15 is 0 Å². The summed E-state index contributed by atoms with van der Waals surface area (Å²) in [6.07, 6.45) is 9.03. The molecule has 15 nitrogen and oxygen atoms in total. The molecule has 380 valence electrons. The molecule has 1 aliphatic carbocycles. The van der Waals surface area contributed by atoms with Gasteiger partial charge in [-0.05, 0) is 79.3 Å². The molecule has 10 rings (SSSR count). The number of amides is 2. The van der Waals surface area contributed by atoms with Gasteiger partial charge >= 0.3 is 0 Å². The predicted octanol–water partition coefficient (Wildman–Crippen LogP) is 8.94. The van der Waals surface area contributed by atoms with Crippen molar-refractivity contribution in [1.82, 2.24) is 44.6 Å². The van der Waals surface area contributed by atoms with Gasteiger partial charge in [-0.1, -0.05) is 46.2 Å². The van der Waals surface area contributed by atoms with E-state index in [1.54, 1.807) is 67.7 Å². The van der Waals surface area contributed by atoms with E-state index in [4.69, 9.17) is 21.4 Å². The molecule has 2 aromatic carbocycles. The van der Waals surface area contributed by atoms with E-state index in [9.17, 15) is 23.6 Å². The first-order valence-electron chi connectivity index (χ1n) is 25.4. The van der Waals surface area contributed by atoms with Crippen molar-refractivity contribution in [3.05, 3.63) is 93.7 Å². The Morgan fingerprint density at radius 1 is 0.986 bits per heavy atom.